The van der Waals surface area contributed by atoms with E-state index >= 15 is 0 Å². The molecule has 0 aliphatic carbocycles. The molecule has 8 nitrogen and oxygen atoms in total. The van der Waals surface area contributed by atoms with E-state index in [0.29, 0.717) is 26.1 Å². The molecule has 3 N–H and O–H groups in total. The summed E-state index contributed by atoms with van der Waals surface area (Å²) in [6.45, 7) is 5.23. The van der Waals surface area contributed by atoms with Gasteiger partial charge in [-0.2, -0.15) is 0 Å². The number of pyridine rings is 1. The van der Waals surface area contributed by atoms with Gasteiger partial charge in [0.15, 0.2) is 0 Å². The van der Waals surface area contributed by atoms with Gasteiger partial charge in [0.1, 0.15) is 5.75 Å². The van der Waals surface area contributed by atoms with Gasteiger partial charge in [-0.1, -0.05) is 0 Å². The van der Waals surface area contributed by atoms with E-state index in [1.165, 1.54) is 0 Å². The van der Waals surface area contributed by atoms with Gasteiger partial charge in [0.2, 0.25) is 0 Å². The largest absolute Gasteiger partial charge is 0.496 e. The van der Waals surface area contributed by atoms with Crippen molar-refractivity contribution in [2.75, 3.05) is 20.2 Å². The monoisotopic (exact) mass is 340 g/mol. The zero-order chi connectivity index (χ0) is 18.3. The Morgan fingerprint density at radius 1 is 1.50 bits per heavy atom. The van der Waals surface area contributed by atoms with Crippen LogP contribution in [0.4, 0.5) is 0 Å². The molecule has 8 heteroatoms. The topological polar surface area (TPSA) is 120 Å². The highest BCUT2D eigenvalue weighted by Gasteiger charge is 2.33. The van der Waals surface area contributed by atoms with Crippen molar-refractivity contribution in [3.63, 3.8) is 0 Å². The van der Waals surface area contributed by atoms with Crippen LogP contribution in [-0.4, -0.2) is 63.9 Å². The number of methoxy groups -OCH3 is 1. The molecule has 0 saturated carbocycles. The first-order chi connectivity index (χ1) is 11.3. The highest BCUT2D eigenvalue weighted by atomic mass is 16.5. The van der Waals surface area contributed by atoms with E-state index in [1.54, 1.807) is 13.3 Å². The molecule has 0 amide bonds. The number of rotatable bonds is 4. The van der Waals surface area contributed by atoms with Gasteiger partial charge >= 0.3 is 5.97 Å². The van der Waals surface area contributed by atoms with E-state index in [1.807, 2.05) is 18.7 Å². The van der Waals surface area contributed by atoms with Crippen molar-refractivity contribution >= 4 is 12.4 Å². The van der Waals surface area contributed by atoms with Crippen molar-refractivity contribution in [2.24, 2.45) is 5.92 Å². The van der Waals surface area contributed by atoms with Crippen molar-refractivity contribution < 1.29 is 29.6 Å². The number of likely N-dealkylation sites (tertiary alicyclic amines) is 1. The van der Waals surface area contributed by atoms with Crippen LogP contribution in [0.25, 0.3) is 0 Å². The Morgan fingerprint density at radius 2 is 2.12 bits per heavy atom. The lowest BCUT2D eigenvalue weighted by molar-refractivity contribution is -0.149. The lowest BCUT2D eigenvalue weighted by Crippen LogP contribution is -2.46. The number of nitrogens with zero attached hydrogens (tertiary/aromatic N) is 2. The third-order valence-electron chi connectivity index (χ3n) is 4.10. The molecule has 2 heterocycles. The molecule has 0 spiro atoms. The average Bonchev–Trinajstić information content (AvgIpc) is 2.53. The normalized spacial score (nSPS) is 20.7. The van der Waals surface area contributed by atoms with Gasteiger partial charge in [0, 0.05) is 37.0 Å². The lowest BCUT2D eigenvalue weighted by Gasteiger charge is -2.34. The maximum atomic E-state index is 11.2. The third kappa shape index (κ3) is 4.90. The van der Waals surface area contributed by atoms with Crippen LogP contribution >= 0.6 is 0 Å². The molecule has 24 heavy (non-hydrogen) atoms. The number of aryl methyl sites for hydroxylation is 1. The minimum atomic E-state index is -0.946. The summed E-state index contributed by atoms with van der Waals surface area (Å²) in [4.78, 5) is 26.0. The summed E-state index contributed by atoms with van der Waals surface area (Å²) < 4.78 is 5.39. The first kappa shape index (κ1) is 19.9. The van der Waals surface area contributed by atoms with Gasteiger partial charge in [-0.3, -0.25) is 19.5 Å². The molecule has 134 valence electrons. The van der Waals surface area contributed by atoms with Gasteiger partial charge < -0.3 is 20.1 Å². The Labute approximate surface area is 140 Å². The standard InChI is InChI=1S/C15H22N2O4.CH2O2/c1-9-6-16-12(10(2)14(9)21-3)8-17-5-4-13(18)11(7-17)15(19)20;2-1-3/h6,11,13,18H,4-5,7-8H2,1-3H3,(H,19,20);1H,(H,2,3)/t11-,13-;/m1./s1. The van der Waals surface area contributed by atoms with Crippen LogP contribution in [0, 0.1) is 19.8 Å². The summed E-state index contributed by atoms with van der Waals surface area (Å²) >= 11 is 0. The maximum absolute atomic E-state index is 11.2. The Morgan fingerprint density at radius 3 is 2.67 bits per heavy atom. The van der Waals surface area contributed by atoms with Gasteiger partial charge in [-0.15, -0.1) is 0 Å². The van der Waals surface area contributed by atoms with Gasteiger partial charge in [0.05, 0.1) is 24.8 Å². The number of aliphatic hydroxyl groups excluding tert-OH is 1. The number of carboxylic acids is 1. The van der Waals surface area contributed by atoms with Gasteiger partial charge in [-0.25, -0.2) is 0 Å². The smallest absolute Gasteiger partial charge is 0.310 e. The Hall–Kier alpha value is -2.19. The van der Waals surface area contributed by atoms with E-state index in [2.05, 4.69) is 4.98 Å². The highest BCUT2D eigenvalue weighted by Crippen LogP contribution is 2.26. The molecule has 0 aromatic carbocycles. The quantitative estimate of drug-likeness (QED) is 0.684. The second-order valence-corrected chi connectivity index (χ2v) is 5.69. The van der Waals surface area contributed by atoms with E-state index in [4.69, 9.17) is 19.7 Å². The maximum Gasteiger partial charge on any atom is 0.310 e. The molecular formula is C16H24N2O6. The molecule has 1 aromatic rings. The van der Waals surface area contributed by atoms with Crippen LogP contribution in [0.15, 0.2) is 6.20 Å². The molecule has 1 aliphatic rings. The van der Waals surface area contributed by atoms with Crippen molar-refractivity contribution in [3.8, 4) is 5.75 Å². The number of ether oxygens (including phenoxy) is 1. The fourth-order valence-electron chi connectivity index (χ4n) is 2.84. The van der Waals surface area contributed by atoms with Crippen LogP contribution in [0.5, 0.6) is 5.75 Å². The van der Waals surface area contributed by atoms with Crippen LogP contribution in [0.3, 0.4) is 0 Å². The Bertz CT molecular complexity index is 578. The van der Waals surface area contributed by atoms with Crippen molar-refractivity contribution in [3.05, 3.63) is 23.0 Å². The predicted molar refractivity (Wildman–Crippen MR) is 86.0 cm³/mol. The molecule has 0 bridgehead atoms. The minimum absolute atomic E-state index is 0.250. The van der Waals surface area contributed by atoms with Crippen LogP contribution < -0.4 is 4.74 Å². The van der Waals surface area contributed by atoms with Crippen LogP contribution in [0.1, 0.15) is 23.2 Å². The molecule has 1 aliphatic heterocycles. The molecule has 1 saturated heterocycles. The average molecular weight is 340 g/mol. The zero-order valence-electron chi connectivity index (χ0n) is 14.1. The van der Waals surface area contributed by atoms with E-state index in [9.17, 15) is 9.90 Å². The number of carboxylic acid groups (broad SMARTS) is 2. The Kier molecular flexibility index (Phi) is 7.60. The van der Waals surface area contributed by atoms with E-state index in [-0.39, 0.29) is 6.47 Å². The number of aromatic nitrogens is 1. The second kappa shape index (κ2) is 9.19. The van der Waals surface area contributed by atoms with Crippen molar-refractivity contribution in [1.82, 2.24) is 9.88 Å². The van der Waals surface area contributed by atoms with Gasteiger partial charge in [0.25, 0.3) is 6.47 Å². The number of hydrogen-bond donors (Lipinski definition) is 3. The molecule has 2 rings (SSSR count). The number of carbonyl (C=O) groups is 2. The lowest BCUT2D eigenvalue weighted by atomic mass is 9.94. The fraction of sp³-hybridized carbons (Fsp3) is 0.562. The zero-order valence-corrected chi connectivity index (χ0v) is 14.1. The summed E-state index contributed by atoms with van der Waals surface area (Å²) in [5.74, 6) is -0.850. The molecule has 0 radical (unpaired) electrons. The highest BCUT2D eigenvalue weighted by molar-refractivity contribution is 5.71. The summed E-state index contributed by atoms with van der Waals surface area (Å²) in [5.41, 5.74) is 2.85. The van der Waals surface area contributed by atoms with Gasteiger partial charge in [-0.05, 0) is 20.3 Å². The minimum Gasteiger partial charge on any atom is -0.496 e. The summed E-state index contributed by atoms with van der Waals surface area (Å²) in [5, 5.41) is 25.8. The second-order valence-electron chi connectivity index (χ2n) is 5.69. The third-order valence-corrected chi connectivity index (χ3v) is 4.10. The summed E-state index contributed by atoms with van der Waals surface area (Å²) in [6.07, 6.45) is 1.48. The van der Waals surface area contributed by atoms with Crippen molar-refractivity contribution in [1.29, 1.82) is 0 Å². The molecule has 2 atom stereocenters. The molecule has 1 fully saturated rings. The SMILES string of the molecule is COc1c(C)cnc(CN2CC[C@@H](O)[C@H](C(=O)O)C2)c1C.O=CO. The first-order valence-electron chi connectivity index (χ1n) is 7.55. The van der Waals surface area contributed by atoms with E-state index < -0.39 is 18.0 Å². The molecule has 0 unspecified atom stereocenters. The number of aliphatic carboxylic acids is 1. The molecule has 1 aromatic heterocycles. The Balaban J connectivity index is 0.000000891. The summed E-state index contributed by atoms with van der Waals surface area (Å²) in [6, 6.07) is 0. The van der Waals surface area contributed by atoms with E-state index in [0.717, 1.165) is 22.6 Å². The number of piperidine rings is 1. The molecular weight excluding hydrogens is 316 g/mol. The predicted octanol–water partition coefficient (Wildman–Crippen LogP) is 0.675. The summed E-state index contributed by atoms with van der Waals surface area (Å²) in [7, 11) is 1.64. The number of hydrogen-bond acceptors (Lipinski definition) is 6. The van der Waals surface area contributed by atoms with Crippen LogP contribution in [0.2, 0.25) is 0 Å². The van der Waals surface area contributed by atoms with Crippen molar-refractivity contribution in [2.45, 2.75) is 32.9 Å². The first-order valence-corrected chi connectivity index (χ1v) is 7.55. The fourth-order valence-corrected chi connectivity index (χ4v) is 2.84. The van der Waals surface area contributed by atoms with Crippen LogP contribution in [-0.2, 0) is 16.1 Å². The number of aliphatic hydroxyl groups is 1.